The van der Waals surface area contributed by atoms with Crippen LogP contribution in [0.1, 0.15) is 13.3 Å². The number of hydrogen-bond acceptors (Lipinski definition) is 2. The normalized spacial score (nSPS) is 13.9. The van der Waals surface area contributed by atoms with Crippen molar-refractivity contribution in [3.05, 3.63) is 29.5 Å². The second kappa shape index (κ2) is 3.76. The summed E-state index contributed by atoms with van der Waals surface area (Å²) in [5.74, 6) is 0. The summed E-state index contributed by atoms with van der Waals surface area (Å²) >= 11 is 0. The molecule has 0 aliphatic carbocycles. The van der Waals surface area contributed by atoms with Crippen molar-refractivity contribution in [2.45, 2.75) is 13.3 Å². The van der Waals surface area contributed by atoms with Crippen molar-refractivity contribution in [3.8, 4) is 0 Å². The first-order valence-electron chi connectivity index (χ1n) is 3.62. The van der Waals surface area contributed by atoms with Crippen molar-refractivity contribution in [1.82, 2.24) is 5.16 Å². The van der Waals surface area contributed by atoms with Crippen LogP contribution in [0.15, 0.2) is 23.4 Å². The predicted octanol–water partition coefficient (Wildman–Crippen LogP) is 0.832. The molecule has 1 heterocycles. The van der Waals surface area contributed by atoms with Gasteiger partial charge in [0, 0.05) is 5.22 Å². The van der Waals surface area contributed by atoms with Gasteiger partial charge >= 0.3 is 0 Å². The molecule has 0 radical (unpaired) electrons. The summed E-state index contributed by atoms with van der Waals surface area (Å²) in [7, 11) is 0. The molecular weight excluding hydrogens is 138 g/mol. The Morgan fingerprint density at radius 2 is 2.55 bits per heavy atom. The van der Waals surface area contributed by atoms with Crippen molar-refractivity contribution in [2.24, 2.45) is 0 Å². The zero-order valence-electron chi connectivity index (χ0n) is 6.58. The third-order valence-corrected chi connectivity index (χ3v) is 1.31. The van der Waals surface area contributed by atoms with E-state index in [4.69, 9.17) is 4.52 Å². The summed E-state index contributed by atoms with van der Waals surface area (Å²) in [6, 6.07) is 0. The molecule has 11 heavy (non-hydrogen) atoms. The van der Waals surface area contributed by atoms with Gasteiger partial charge in [0.25, 0.3) is 0 Å². The summed E-state index contributed by atoms with van der Waals surface area (Å²) in [5, 5.41) is 4.66. The van der Waals surface area contributed by atoms with Crippen LogP contribution in [0.3, 0.4) is 0 Å². The highest BCUT2D eigenvalue weighted by Gasteiger charge is 1.86. The number of aromatic nitrogens is 1. The van der Waals surface area contributed by atoms with E-state index in [-0.39, 0.29) is 0 Å². The monoisotopic (exact) mass is 149 g/mol. The maximum atomic E-state index is 4.97. The Balaban J connectivity index is 3.27. The molecule has 1 aromatic heterocycles. The average molecular weight is 149 g/mol. The molecule has 0 aromatic carbocycles. The van der Waals surface area contributed by atoms with Gasteiger partial charge in [0.15, 0.2) is 5.42 Å². The number of hydrogen-bond donors (Lipinski definition) is 0. The van der Waals surface area contributed by atoms with Crippen LogP contribution in [0.2, 0.25) is 0 Å². The van der Waals surface area contributed by atoms with Crippen LogP contribution in [-0.2, 0) is 0 Å². The summed E-state index contributed by atoms with van der Waals surface area (Å²) in [4.78, 5) is 0. The second-order valence-electron chi connectivity index (χ2n) is 2.16. The highest BCUT2D eigenvalue weighted by molar-refractivity contribution is 5.35. The largest absolute Gasteiger partial charge is 0.357 e. The fourth-order valence-corrected chi connectivity index (χ4v) is 0.849. The minimum absolute atomic E-state index is 0.826. The van der Waals surface area contributed by atoms with Crippen LogP contribution in [0.25, 0.3) is 12.2 Å². The van der Waals surface area contributed by atoms with Crippen LogP contribution < -0.4 is 10.6 Å². The van der Waals surface area contributed by atoms with Crippen molar-refractivity contribution in [1.29, 1.82) is 0 Å². The minimum Gasteiger partial charge on any atom is -0.357 e. The molecule has 58 valence electrons. The Kier molecular flexibility index (Phi) is 2.66. The molecule has 0 atom stereocenters. The van der Waals surface area contributed by atoms with Crippen molar-refractivity contribution in [3.63, 3.8) is 0 Å². The maximum absolute atomic E-state index is 4.97. The molecule has 0 saturated heterocycles. The second-order valence-corrected chi connectivity index (χ2v) is 2.16. The average Bonchev–Trinajstić information content (AvgIpc) is 2.39. The highest BCUT2D eigenvalue weighted by Crippen LogP contribution is 1.73. The fourth-order valence-electron chi connectivity index (χ4n) is 0.849. The Labute approximate surface area is 65.5 Å². The van der Waals surface area contributed by atoms with Gasteiger partial charge in [-0.3, -0.25) is 0 Å². The zero-order valence-corrected chi connectivity index (χ0v) is 6.58. The molecule has 0 N–H and O–H groups in total. The molecule has 0 spiro atoms. The molecule has 0 bridgehead atoms. The van der Waals surface area contributed by atoms with E-state index in [2.05, 4.69) is 18.7 Å². The van der Waals surface area contributed by atoms with Crippen LogP contribution in [0.5, 0.6) is 0 Å². The van der Waals surface area contributed by atoms with Crippen molar-refractivity contribution >= 4 is 12.2 Å². The molecule has 0 fully saturated rings. The predicted molar refractivity (Wildman–Crippen MR) is 45.2 cm³/mol. The highest BCUT2D eigenvalue weighted by atomic mass is 16.5. The van der Waals surface area contributed by atoms with E-state index in [1.54, 1.807) is 12.3 Å². The van der Waals surface area contributed by atoms with E-state index >= 15 is 0 Å². The van der Waals surface area contributed by atoms with Gasteiger partial charge in [-0.1, -0.05) is 30.8 Å². The Morgan fingerprint density at radius 3 is 3.18 bits per heavy atom. The van der Waals surface area contributed by atoms with E-state index in [9.17, 15) is 0 Å². The molecule has 0 aliphatic heterocycles. The molecule has 0 amide bonds. The number of rotatable bonds is 2. The van der Waals surface area contributed by atoms with Crippen LogP contribution in [-0.4, -0.2) is 5.16 Å². The third kappa shape index (κ3) is 1.80. The van der Waals surface area contributed by atoms with Gasteiger partial charge in [-0.25, -0.2) is 0 Å². The lowest BCUT2D eigenvalue weighted by molar-refractivity contribution is 0.393. The quantitative estimate of drug-likeness (QED) is 0.622. The van der Waals surface area contributed by atoms with Gasteiger partial charge in [-0.2, -0.15) is 0 Å². The van der Waals surface area contributed by atoms with Crippen LogP contribution in [0, 0.1) is 0 Å². The third-order valence-electron chi connectivity index (χ3n) is 1.31. The van der Waals surface area contributed by atoms with Crippen LogP contribution in [0.4, 0.5) is 0 Å². The molecule has 0 aliphatic rings. The summed E-state index contributed by atoms with van der Waals surface area (Å²) in [6.45, 7) is 5.65. The minimum atomic E-state index is 0.826. The van der Waals surface area contributed by atoms with E-state index in [0.717, 1.165) is 17.1 Å². The number of allylic oxidation sites excluding steroid dienone is 1. The van der Waals surface area contributed by atoms with E-state index in [1.165, 1.54) is 0 Å². The lowest BCUT2D eigenvalue weighted by Crippen LogP contribution is -2.18. The number of nitrogens with zero attached hydrogens (tertiary/aromatic N) is 1. The molecular formula is C9H11NO. The lowest BCUT2D eigenvalue weighted by Gasteiger charge is -1.74. The molecule has 1 aromatic rings. The molecule has 0 saturated carbocycles. The Bertz CT molecular complexity index is 335. The smallest absolute Gasteiger partial charge is 0.162 e. The van der Waals surface area contributed by atoms with Gasteiger partial charge in [0.2, 0.25) is 0 Å². The molecule has 1 rings (SSSR count). The fraction of sp³-hybridized carbons (Fsp3) is 0.222. The molecule has 2 nitrogen and oxygen atoms in total. The van der Waals surface area contributed by atoms with Gasteiger partial charge in [-0.15, -0.1) is 0 Å². The van der Waals surface area contributed by atoms with E-state index < -0.39 is 0 Å². The molecule has 2 heteroatoms. The first kappa shape index (κ1) is 7.79. The first-order valence-corrected chi connectivity index (χ1v) is 3.62. The summed E-state index contributed by atoms with van der Waals surface area (Å²) in [6.07, 6.45) is 8.22. The van der Waals surface area contributed by atoms with Crippen molar-refractivity contribution in [2.75, 3.05) is 0 Å². The summed E-state index contributed by atoms with van der Waals surface area (Å²) in [5.41, 5.74) is 0.826. The van der Waals surface area contributed by atoms with Gasteiger partial charge in [-0.05, 0) is 12.5 Å². The van der Waals surface area contributed by atoms with E-state index in [1.807, 2.05) is 12.2 Å². The standard InChI is InChI=1S/C9H11NO/c1-3-5-8-7-10-11-9(8)6-4-2/h3,5-7H,1,4H2,2H3/b8-5-,9-6+. The topological polar surface area (TPSA) is 26.0 Å². The first-order chi connectivity index (χ1) is 5.38. The lowest BCUT2D eigenvalue weighted by atomic mass is 10.3. The maximum Gasteiger partial charge on any atom is 0.162 e. The Hall–Kier alpha value is -1.31. The van der Waals surface area contributed by atoms with Crippen LogP contribution >= 0.6 is 0 Å². The SMILES string of the molecule is C=C/C=c1/cno/c1=C/CC. The van der Waals surface area contributed by atoms with Gasteiger partial charge in [0.05, 0.1) is 6.20 Å². The Morgan fingerprint density at radius 1 is 1.73 bits per heavy atom. The van der Waals surface area contributed by atoms with Crippen molar-refractivity contribution < 1.29 is 4.52 Å². The summed E-state index contributed by atoms with van der Waals surface area (Å²) < 4.78 is 4.97. The molecule has 0 unspecified atom stereocenters. The van der Waals surface area contributed by atoms with Gasteiger partial charge < -0.3 is 4.52 Å². The van der Waals surface area contributed by atoms with E-state index in [0.29, 0.717) is 0 Å². The van der Waals surface area contributed by atoms with Gasteiger partial charge in [0.1, 0.15) is 0 Å². The zero-order chi connectivity index (χ0) is 8.10.